The molecule has 0 aliphatic carbocycles. The van der Waals surface area contributed by atoms with E-state index in [4.69, 9.17) is 9.97 Å². The number of anilines is 3. The fourth-order valence-corrected chi connectivity index (χ4v) is 5.04. The van der Waals surface area contributed by atoms with Crippen molar-refractivity contribution >= 4 is 28.4 Å². The first-order valence-corrected chi connectivity index (χ1v) is 13.7. The normalized spacial score (nSPS) is 15.4. The zero-order valence-corrected chi connectivity index (χ0v) is 23.1. The Bertz CT molecular complexity index is 1390. The number of fused-ring (bicyclic) bond motifs is 1. The molecule has 7 nitrogen and oxygen atoms in total. The molecular formula is C30H38FN7. The van der Waals surface area contributed by atoms with Crippen molar-refractivity contribution in [3.63, 3.8) is 0 Å². The molecule has 1 aliphatic rings. The maximum Gasteiger partial charge on any atom is 0.229 e. The van der Waals surface area contributed by atoms with Gasteiger partial charge in [-0.05, 0) is 68.1 Å². The second-order valence-electron chi connectivity index (χ2n) is 10.8. The minimum atomic E-state index is -0.270. The first-order valence-electron chi connectivity index (χ1n) is 13.7. The maximum absolute atomic E-state index is 15.8. The van der Waals surface area contributed by atoms with E-state index in [2.05, 4.69) is 60.1 Å². The number of pyridine rings is 1. The summed E-state index contributed by atoms with van der Waals surface area (Å²) in [5.41, 5.74) is 4.21. The topological polar surface area (TPSA) is 62.1 Å². The first kappa shape index (κ1) is 26.1. The van der Waals surface area contributed by atoms with E-state index in [9.17, 15) is 0 Å². The number of rotatable bonds is 8. The highest BCUT2D eigenvalue weighted by Gasteiger charge is 2.25. The van der Waals surface area contributed by atoms with Gasteiger partial charge >= 0.3 is 0 Å². The van der Waals surface area contributed by atoms with Gasteiger partial charge in [-0.2, -0.15) is 4.98 Å². The summed E-state index contributed by atoms with van der Waals surface area (Å²) in [5, 5.41) is 3.73. The predicted octanol–water partition coefficient (Wildman–Crippen LogP) is 6.16. The number of halogens is 1. The lowest BCUT2D eigenvalue weighted by atomic mass is 10.0. The highest BCUT2D eigenvalue weighted by atomic mass is 19.1. The number of benzene rings is 1. The molecule has 0 saturated carbocycles. The number of nitrogens with one attached hydrogen (secondary N) is 1. The molecule has 0 spiro atoms. The standard InChI is InChI=1S/C30H38FN7/c1-6-21(4)28-27(31)25-19-32-30(34-22-10-12-24(13-11-22)37-16-14-36(5)15-17-37)35-29(25)38(28)26-9-7-8-23(33-26)18-20(2)3/h7-13,19-21H,6,14-18H2,1-5H3,(H,32,34,35). The number of hydrogen-bond donors (Lipinski definition) is 1. The van der Waals surface area contributed by atoms with Gasteiger partial charge < -0.3 is 15.1 Å². The van der Waals surface area contributed by atoms with E-state index < -0.39 is 0 Å². The lowest BCUT2D eigenvalue weighted by Gasteiger charge is -2.34. The van der Waals surface area contributed by atoms with E-state index in [1.54, 1.807) is 6.20 Å². The van der Waals surface area contributed by atoms with Crippen LogP contribution in [0, 0.1) is 11.7 Å². The van der Waals surface area contributed by atoms with Crippen LogP contribution in [0.25, 0.3) is 16.9 Å². The van der Waals surface area contributed by atoms with Gasteiger partial charge in [0.25, 0.3) is 0 Å². The van der Waals surface area contributed by atoms with Gasteiger partial charge in [0, 0.05) is 49.4 Å². The summed E-state index contributed by atoms with van der Waals surface area (Å²) in [7, 11) is 2.16. The molecule has 4 heterocycles. The van der Waals surface area contributed by atoms with Crippen molar-refractivity contribution in [3.8, 4) is 5.82 Å². The molecule has 3 aromatic heterocycles. The van der Waals surface area contributed by atoms with E-state index >= 15 is 4.39 Å². The van der Waals surface area contributed by atoms with Gasteiger partial charge in [-0.15, -0.1) is 0 Å². The van der Waals surface area contributed by atoms with Crippen LogP contribution in [-0.2, 0) is 6.42 Å². The molecular weight excluding hydrogens is 477 g/mol. The molecule has 8 heteroatoms. The molecule has 1 atom stereocenters. The van der Waals surface area contributed by atoms with Gasteiger partial charge in [0.05, 0.1) is 11.1 Å². The van der Waals surface area contributed by atoms with E-state index in [1.165, 1.54) is 5.69 Å². The number of likely N-dealkylation sites (N-methyl/N-ethyl adjacent to an activating group) is 1. The number of nitrogens with zero attached hydrogens (tertiary/aromatic N) is 6. The lowest BCUT2D eigenvalue weighted by molar-refractivity contribution is 0.313. The van der Waals surface area contributed by atoms with Crippen molar-refractivity contribution < 1.29 is 4.39 Å². The molecule has 1 N–H and O–H groups in total. The van der Waals surface area contributed by atoms with Gasteiger partial charge in [-0.1, -0.05) is 33.8 Å². The molecule has 1 saturated heterocycles. The quantitative estimate of drug-likeness (QED) is 0.303. The van der Waals surface area contributed by atoms with E-state index in [0.717, 1.165) is 50.4 Å². The smallest absolute Gasteiger partial charge is 0.229 e. The van der Waals surface area contributed by atoms with Crippen LogP contribution in [0.3, 0.4) is 0 Å². The Hall–Kier alpha value is -3.52. The minimum Gasteiger partial charge on any atom is -0.369 e. The van der Waals surface area contributed by atoms with Gasteiger partial charge in [-0.25, -0.2) is 14.4 Å². The van der Waals surface area contributed by atoms with Crippen LogP contribution >= 0.6 is 0 Å². The zero-order chi connectivity index (χ0) is 26.8. The van der Waals surface area contributed by atoms with Crippen LogP contribution in [0.2, 0.25) is 0 Å². The van der Waals surface area contributed by atoms with Gasteiger partial charge in [0.2, 0.25) is 5.95 Å². The Balaban J connectivity index is 1.49. The highest BCUT2D eigenvalue weighted by Crippen LogP contribution is 2.33. The molecule has 5 rings (SSSR count). The molecule has 0 amide bonds. The lowest BCUT2D eigenvalue weighted by Crippen LogP contribution is -2.44. The second kappa shape index (κ2) is 11.1. The van der Waals surface area contributed by atoms with Gasteiger partial charge in [-0.3, -0.25) is 4.57 Å². The summed E-state index contributed by atoms with van der Waals surface area (Å²) in [4.78, 5) is 18.9. The van der Waals surface area contributed by atoms with Crippen LogP contribution in [0.4, 0.5) is 21.7 Å². The van der Waals surface area contributed by atoms with Crippen LogP contribution in [0.1, 0.15) is 51.4 Å². The van der Waals surface area contributed by atoms with Crippen LogP contribution in [0.5, 0.6) is 0 Å². The van der Waals surface area contributed by atoms with Crippen molar-refractivity contribution in [2.45, 2.75) is 46.5 Å². The summed E-state index contributed by atoms with van der Waals surface area (Å²) >= 11 is 0. The van der Waals surface area contributed by atoms with Crippen molar-refractivity contribution in [1.29, 1.82) is 0 Å². The first-order chi connectivity index (χ1) is 18.3. The highest BCUT2D eigenvalue weighted by molar-refractivity contribution is 5.81. The van der Waals surface area contributed by atoms with Crippen molar-refractivity contribution in [1.82, 2.24) is 24.4 Å². The van der Waals surface area contributed by atoms with Crippen molar-refractivity contribution in [2.24, 2.45) is 5.92 Å². The molecule has 200 valence electrons. The average molecular weight is 516 g/mol. The largest absolute Gasteiger partial charge is 0.369 e. The summed E-state index contributed by atoms with van der Waals surface area (Å²) in [6.45, 7) is 12.6. The van der Waals surface area contributed by atoms with Crippen LogP contribution < -0.4 is 10.2 Å². The van der Waals surface area contributed by atoms with E-state index in [1.807, 2.05) is 41.8 Å². The van der Waals surface area contributed by atoms with Gasteiger partial charge in [0.15, 0.2) is 11.5 Å². The predicted molar refractivity (Wildman–Crippen MR) is 153 cm³/mol. The third kappa shape index (κ3) is 5.36. The van der Waals surface area contributed by atoms with Crippen molar-refractivity contribution in [2.75, 3.05) is 43.4 Å². The van der Waals surface area contributed by atoms with Crippen LogP contribution in [-0.4, -0.2) is 57.6 Å². The fraction of sp³-hybridized carbons (Fsp3) is 0.433. The number of piperazine rings is 1. The summed E-state index contributed by atoms with van der Waals surface area (Å²) in [6, 6.07) is 14.3. The number of aromatic nitrogens is 4. The fourth-order valence-electron chi connectivity index (χ4n) is 5.04. The summed E-state index contributed by atoms with van der Waals surface area (Å²) < 4.78 is 17.7. The molecule has 1 aromatic carbocycles. The molecule has 0 radical (unpaired) electrons. The SMILES string of the molecule is CCC(C)c1c(F)c2cnc(Nc3ccc(N4CCN(C)CC4)cc3)nc2n1-c1cccc(CC(C)C)n1. The van der Waals surface area contributed by atoms with Crippen molar-refractivity contribution in [3.05, 3.63) is 65.9 Å². The minimum absolute atomic E-state index is 0.00159. The molecule has 1 fully saturated rings. The van der Waals surface area contributed by atoms with E-state index in [0.29, 0.717) is 34.4 Å². The molecule has 1 unspecified atom stereocenters. The molecule has 0 bridgehead atoms. The molecule has 38 heavy (non-hydrogen) atoms. The Morgan fingerprint density at radius 1 is 0.974 bits per heavy atom. The zero-order valence-electron chi connectivity index (χ0n) is 23.1. The average Bonchev–Trinajstić information content (AvgIpc) is 3.20. The Kier molecular flexibility index (Phi) is 7.61. The maximum atomic E-state index is 15.8. The second-order valence-corrected chi connectivity index (χ2v) is 10.8. The monoisotopic (exact) mass is 515 g/mol. The summed E-state index contributed by atoms with van der Waals surface area (Å²) in [6.07, 6.45) is 3.25. The van der Waals surface area contributed by atoms with Crippen LogP contribution in [0.15, 0.2) is 48.7 Å². The third-order valence-electron chi connectivity index (χ3n) is 7.39. The molecule has 4 aromatic rings. The Morgan fingerprint density at radius 2 is 1.71 bits per heavy atom. The number of hydrogen-bond acceptors (Lipinski definition) is 6. The van der Waals surface area contributed by atoms with Gasteiger partial charge in [0.1, 0.15) is 5.82 Å². The van der Waals surface area contributed by atoms with E-state index in [-0.39, 0.29) is 11.7 Å². The third-order valence-corrected chi connectivity index (χ3v) is 7.39. The molecule has 1 aliphatic heterocycles. The Morgan fingerprint density at radius 3 is 2.39 bits per heavy atom. The Labute approximate surface area is 224 Å². The summed E-state index contributed by atoms with van der Waals surface area (Å²) in [5.74, 6) is 1.32.